The molecule has 5 rings (SSSR count). The van der Waals surface area contributed by atoms with Gasteiger partial charge in [0.25, 0.3) is 11.8 Å². The molecule has 1 aromatic heterocycles. The number of hydrogen-bond donors (Lipinski definition) is 6. The van der Waals surface area contributed by atoms with Crippen LogP contribution in [0.3, 0.4) is 0 Å². The second-order valence-corrected chi connectivity index (χ2v) is 11.7. The number of carbonyl (C=O) groups is 6. The third-order valence-corrected chi connectivity index (χ3v) is 7.70. The number of aliphatic carboxylic acids is 3. The number of fused-ring (bicyclic) bond motifs is 1. The van der Waals surface area contributed by atoms with Crippen molar-refractivity contribution in [2.24, 2.45) is 0 Å². The molecule has 58 heavy (non-hydrogen) atoms. The number of benzene rings is 2. The van der Waals surface area contributed by atoms with Gasteiger partial charge in [-0.05, 0) is 36.8 Å². The Hall–Kier alpha value is -6.08. The number of piperazine rings is 1. The number of carboxylic acid groups (broad SMARTS) is 3. The second kappa shape index (κ2) is 19.9. The van der Waals surface area contributed by atoms with Crippen LogP contribution in [0.4, 0.5) is 44.3 Å². The minimum Gasteiger partial charge on any atom is -0.489 e. The number of pyridine rings is 1. The number of carbonyl (C=O) groups excluding carboxylic acids is 3. The Kier molecular flexibility index (Phi) is 16.5. The van der Waals surface area contributed by atoms with Crippen LogP contribution in [0.15, 0.2) is 54.6 Å². The third-order valence-electron chi connectivity index (χ3n) is 7.70. The smallest absolute Gasteiger partial charge is 0.489 e. The minimum absolute atomic E-state index is 0.0386. The molecular formula is C33H32F9N5O11. The Balaban J connectivity index is 0.000000453. The van der Waals surface area contributed by atoms with Gasteiger partial charge in [-0.15, -0.1) is 0 Å². The third kappa shape index (κ3) is 13.3. The highest BCUT2D eigenvalue weighted by Crippen LogP contribution is 2.34. The van der Waals surface area contributed by atoms with Gasteiger partial charge >= 0.3 is 42.5 Å². The fraction of sp³-hybridized carbons (Fsp3) is 0.364. The van der Waals surface area contributed by atoms with Crippen molar-refractivity contribution in [2.75, 3.05) is 39.3 Å². The molecule has 3 heterocycles. The van der Waals surface area contributed by atoms with Gasteiger partial charge in [0, 0.05) is 49.4 Å². The summed E-state index contributed by atoms with van der Waals surface area (Å²) in [4.78, 5) is 73.5. The van der Waals surface area contributed by atoms with Gasteiger partial charge in [0.15, 0.2) is 0 Å². The number of nitrogens with one attached hydrogen (secondary N) is 2. The molecule has 2 aliphatic heterocycles. The number of halogens is 9. The normalized spacial score (nSPS) is 15.9. The molecule has 2 aromatic carbocycles. The summed E-state index contributed by atoms with van der Waals surface area (Å²) >= 11 is 0. The van der Waals surface area contributed by atoms with Crippen LogP contribution in [0.1, 0.15) is 16.8 Å². The number of aromatic nitrogens is 1. The number of para-hydroxylation sites is 1. The molecule has 0 bridgehead atoms. The Labute approximate surface area is 319 Å². The molecule has 2 aliphatic rings. The number of hydrogen-bond acceptors (Lipinski definition) is 11. The summed E-state index contributed by atoms with van der Waals surface area (Å²) in [7, 11) is 0. The molecule has 0 radical (unpaired) electrons. The van der Waals surface area contributed by atoms with E-state index in [9.17, 15) is 59.0 Å². The van der Waals surface area contributed by atoms with Crippen molar-refractivity contribution in [1.29, 1.82) is 0 Å². The van der Waals surface area contributed by atoms with Gasteiger partial charge in [0.1, 0.15) is 12.4 Å². The van der Waals surface area contributed by atoms with Gasteiger partial charge < -0.3 is 25.2 Å². The first-order chi connectivity index (χ1) is 26.7. The molecule has 0 spiro atoms. The van der Waals surface area contributed by atoms with Gasteiger partial charge in [-0.3, -0.25) is 35.0 Å². The number of aliphatic hydroxyl groups is 1. The summed E-state index contributed by atoms with van der Waals surface area (Å²) in [6.45, 7) is 4.83. The number of β-amino-alcohol motifs (C(OH)–C–C–N with tert-alkyl or cyclic N) is 1. The Morgan fingerprint density at radius 1 is 0.759 bits per heavy atom. The average molecular weight is 846 g/mol. The van der Waals surface area contributed by atoms with Crippen molar-refractivity contribution in [3.8, 4) is 5.75 Å². The standard InChI is InChI=1S/C27H29N5O5.3C2HF3O2/c1-18-16-19(22-4-2-3-5-23(22)28-18)17-37-21-8-6-20(7-9-21)27(24(34)29-26(36)30-25(27)35)32-12-10-31(11-13-32)14-15-33;3*3-2(4,5)1(6)7/h2-9,16,33H,10-15,17H2,1H3,(H2,29,30,34,35,36);3*(H,6,7). The van der Waals surface area contributed by atoms with E-state index in [-0.39, 0.29) is 6.61 Å². The lowest BCUT2D eigenvalue weighted by molar-refractivity contribution is -0.193. The van der Waals surface area contributed by atoms with Crippen molar-refractivity contribution in [1.82, 2.24) is 25.4 Å². The average Bonchev–Trinajstić information content (AvgIpc) is 3.11. The number of aliphatic hydroxyl groups excluding tert-OH is 1. The zero-order valence-electron chi connectivity index (χ0n) is 29.5. The van der Waals surface area contributed by atoms with E-state index >= 15 is 0 Å². The first-order valence-electron chi connectivity index (χ1n) is 16.0. The highest BCUT2D eigenvalue weighted by atomic mass is 19.4. The molecule has 0 saturated carbocycles. The molecule has 25 heteroatoms. The van der Waals surface area contributed by atoms with Crippen LogP contribution < -0.4 is 15.4 Å². The molecule has 4 amide bonds. The van der Waals surface area contributed by atoms with Gasteiger partial charge in [-0.25, -0.2) is 19.2 Å². The van der Waals surface area contributed by atoms with Crippen LogP contribution >= 0.6 is 0 Å². The van der Waals surface area contributed by atoms with Gasteiger partial charge in [0.2, 0.25) is 5.54 Å². The number of barbiturate groups is 1. The summed E-state index contributed by atoms with van der Waals surface area (Å²) in [5.74, 6) is -9.04. The summed E-state index contributed by atoms with van der Waals surface area (Å²) in [5.41, 5.74) is 1.58. The van der Waals surface area contributed by atoms with Crippen LogP contribution in [0.5, 0.6) is 5.75 Å². The van der Waals surface area contributed by atoms with Crippen molar-refractivity contribution in [3.63, 3.8) is 0 Å². The van der Waals surface area contributed by atoms with Crippen molar-refractivity contribution >= 4 is 46.7 Å². The van der Waals surface area contributed by atoms with Gasteiger partial charge in [0.05, 0.1) is 12.1 Å². The monoisotopic (exact) mass is 845 g/mol. The van der Waals surface area contributed by atoms with Crippen LogP contribution in [0.2, 0.25) is 0 Å². The Morgan fingerprint density at radius 3 is 1.64 bits per heavy atom. The molecule has 0 atom stereocenters. The fourth-order valence-electron chi connectivity index (χ4n) is 5.17. The first-order valence-corrected chi connectivity index (χ1v) is 16.0. The quantitative estimate of drug-likeness (QED) is 0.148. The number of alkyl halides is 9. The minimum atomic E-state index is -5.08. The zero-order valence-corrected chi connectivity index (χ0v) is 29.5. The maximum absolute atomic E-state index is 13.3. The number of aryl methyl sites for hydroxylation is 1. The lowest BCUT2D eigenvalue weighted by atomic mass is 9.84. The maximum Gasteiger partial charge on any atom is 0.490 e. The zero-order chi connectivity index (χ0) is 44.2. The molecular weight excluding hydrogens is 813 g/mol. The molecule has 2 fully saturated rings. The van der Waals surface area contributed by atoms with Crippen molar-refractivity contribution in [3.05, 3.63) is 71.4 Å². The number of nitrogens with zero attached hydrogens (tertiary/aromatic N) is 3. The number of imide groups is 2. The summed E-state index contributed by atoms with van der Waals surface area (Å²) in [6, 6.07) is 15.9. The van der Waals surface area contributed by atoms with E-state index in [1.165, 1.54) is 0 Å². The summed E-state index contributed by atoms with van der Waals surface area (Å²) in [6.07, 6.45) is -15.3. The Morgan fingerprint density at radius 2 is 1.21 bits per heavy atom. The van der Waals surface area contributed by atoms with E-state index < -0.39 is 59.8 Å². The fourth-order valence-corrected chi connectivity index (χ4v) is 5.17. The number of urea groups is 1. The number of carboxylic acids is 3. The number of rotatable bonds is 7. The first kappa shape index (κ1) is 48.1. The van der Waals surface area contributed by atoms with Crippen LogP contribution in [-0.2, 0) is 36.1 Å². The molecule has 0 aliphatic carbocycles. The summed E-state index contributed by atoms with van der Waals surface area (Å²) in [5, 5.41) is 36.2. The van der Waals surface area contributed by atoms with E-state index in [0.717, 1.165) is 22.2 Å². The number of amides is 4. The SMILES string of the molecule is Cc1cc(COc2ccc(C3(N4CCN(CCO)CC4)C(=O)NC(=O)NC3=O)cc2)c2ccccc2n1.O=C(O)C(F)(F)F.O=C(O)C(F)(F)F.O=C(O)C(F)(F)F. The summed E-state index contributed by atoms with van der Waals surface area (Å²) < 4.78 is 101. The second-order valence-electron chi connectivity index (χ2n) is 11.7. The Bertz CT molecular complexity index is 1870. The molecule has 6 N–H and O–H groups in total. The molecule has 318 valence electrons. The van der Waals surface area contributed by atoms with Gasteiger partial charge in [-0.1, -0.05) is 30.3 Å². The predicted molar refractivity (Wildman–Crippen MR) is 177 cm³/mol. The van der Waals surface area contributed by atoms with E-state index in [2.05, 4.69) is 20.5 Å². The van der Waals surface area contributed by atoms with Crippen molar-refractivity contribution < 1.29 is 93.4 Å². The van der Waals surface area contributed by atoms with Gasteiger partial charge in [-0.2, -0.15) is 39.5 Å². The highest BCUT2D eigenvalue weighted by molar-refractivity contribution is 6.22. The molecule has 3 aromatic rings. The van der Waals surface area contributed by atoms with E-state index in [1.807, 2.05) is 37.3 Å². The largest absolute Gasteiger partial charge is 0.490 e. The van der Waals surface area contributed by atoms with Crippen LogP contribution in [-0.4, -0.2) is 129 Å². The van der Waals surface area contributed by atoms with Crippen molar-refractivity contribution in [2.45, 2.75) is 37.6 Å². The number of ether oxygens (including phenoxy) is 1. The van der Waals surface area contributed by atoms with E-state index in [4.69, 9.17) is 34.4 Å². The highest BCUT2D eigenvalue weighted by Gasteiger charge is 2.56. The molecule has 16 nitrogen and oxygen atoms in total. The van der Waals surface area contributed by atoms with Crippen LogP contribution in [0.25, 0.3) is 10.9 Å². The topological polar surface area (TPSA) is 236 Å². The molecule has 2 saturated heterocycles. The van der Waals surface area contributed by atoms with E-state index in [0.29, 0.717) is 50.6 Å². The molecule has 0 unspecified atom stereocenters. The lowest BCUT2D eigenvalue weighted by Gasteiger charge is -2.46. The predicted octanol–water partition coefficient (Wildman–Crippen LogP) is 3.19. The van der Waals surface area contributed by atoms with Crippen LogP contribution in [0, 0.1) is 6.92 Å². The maximum atomic E-state index is 13.3. The lowest BCUT2D eigenvalue weighted by Crippen LogP contribution is -2.72. The van der Waals surface area contributed by atoms with E-state index in [1.54, 1.807) is 29.2 Å².